The highest BCUT2D eigenvalue weighted by Gasteiger charge is 2.24. The van der Waals surface area contributed by atoms with Gasteiger partial charge in [-0.05, 0) is 59.5 Å². The fraction of sp³-hybridized carbons (Fsp3) is 0.188. The van der Waals surface area contributed by atoms with Crippen molar-refractivity contribution in [1.29, 1.82) is 0 Å². The molecule has 8 heteroatoms. The van der Waals surface area contributed by atoms with Gasteiger partial charge in [-0.25, -0.2) is 4.98 Å². The van der Waals surface area contributed by atoms with Gasteiger partial charge >= 0.3 is 5.97 Å². The average molecular weight is 538 g/mol. The summed E-state index contributed by atoms with van der Waals surface area (Å²) in [5.41, 5.74) is 2.97. The van der Waals surface area contributed by atoms with Crippen LogP contribution in [-0.2, 0) is 11.2 Å². The maximum Gasteiger partial charge on any atom is 0.305 e. The van der Waals surface area contributed by atoms with E-state index in [-0.39, 0.29) is 24.8 Å². The van der Waals surface area contributed by atoms with Crippen LogP contribution >= 0.6 is 0 Å². The number of hydrogen-bond acceptors (Lipinski definition) is 5. The van der Waals surface area contributed by atoms with Crippen LogP contribution in [0.5, 0.6) is 5.75 Å². The molecule has 4 aromatic rings. The number of carboxylic acids is 1. The van der Waals surface area contributed by atoms with Gasteiger partial charge in [0, 0.05) is 37.5 Å². The van der Waals surface area contributed by atoms with E-state index in [0.717, 1.165) is 5.56 Å². The summed E-state index contributed by atoms with van der Waals surface area (Å²) in [6.45, 7) is 0.367. The van der Waals surface area contributed by atoms with Crippen molar-refractivity contribution in [3.05, 3.63) is 114 Å². The first-order valence-electron chi connectivity index (χ1n) is 12.9. The Hall–Kier alpha value is -4.98. The van der Waals surface area contributed by atoms with Gasteiger partial charge in [0.1, 0.15) is 11.6 Å². The topological polar surface area (TPSA) is 100 Å². The van der Waals surface area contributed by atoms with Gasteiger partial charge in [0.2, 0.25) is 0 Å². The van der Waals surface area contributed by atoms with E-state index in [0.29, 0.717) is 46.8 Å². The second-order valence-electron chi connectivity index (χ2n) is 9.18. The standard InChI is InChI=1S/C32H31N3O5/c1-34(29-16-7-8-19-33-29)31(38)27-14-5-3-12-25(27)26-13-4-6-15-28(26)32(39)35(21-18-30(36)37)20-17-23-10-9-11-24(22-23)40-2/h3-16,19,22H,17-18,20-21H2,1-2H3,(H,36,37). The molecule has 0 aliphatic rings. The molecule has 0 saturated heterocycles. The third-order valence-corrected chi connectivity index (χ3v) is 6.59. The minimum absolute atomic E-state index is 0.0511. The third-order valence-electron chi connectivity index (χ3n) is 6.59. The predicted molar refractivity (Wildman–Crippen MR) is 154 cm³/mol. The minimum atomic E-state index is -0.985. The van der Waals surface area contributed by atoms with Crippen molar-refractivity contribution in [2.45, 2.75) is 12.8 Å². The predicted octanol–water partition coefficient (Wildman–Crippen LogP) is 5.19. The number of carboxylic acid groups (broad SMARTS) is 1. The van der Waals surface area contributed by atoms with Gasteiger partial charge in [0.25, 0.3) is 11.8 Å². The van der Waals surface area contributed by atoms with Crippen molar-refractivity contribution in [3.63, 3.8) is 0 Å². The fourth-order valence-electron chi connectivity index (χ4n) is 4.45. The minimum Gasteiger partial charge on any atom is -0.497 e. The number of pyridine rings is 1. The molecule has 204 valence electrons. The van der Waals surface area contributed by atoms with Crippen LogP contribution in [0, 0.1) is 0 Å². The van der Waals surface area contributed by atoms with Gasteiger partial charge in [-0.1, -0.05) is 54.6 Å². The molecule has 1 heterocycles. The zero-order valence-corrected chi connectivity index (χ0v) is 22.5. The first-order valence-corrected chi connectivity index (χ1v) is 12.9. The Kier molecular flexibility index (Phi) is 9.25. The Morgan fingerprint density at radius 2 is 1.45 bits per heavy atom. The Bertz CT molecular complexity index is 1490. The highest BCUT2D eigenvalue weighted by molar-refractivity contribution is 6.11. The Morgan fingerprint density at radius 3 is 2.08 bits per heavy atom. The molecule has 0 aliphatic carbocycles. The third kappa shape index (κ3) is 6.71. The number of nitrogens with zero attached hydrogens (tertiary/aromatic N) is 3. The Morgan fingerprint density at radius 1 is 0.800 bits per heavy atom. The van der Waals surface area contributed by atoms with Gasteiger partial charge < -0.3 is 14.7 Å². The number of anilines is 1. The zero-order valence-electron chi connectivity index (χ0n) is 22.5. The van der Waals surface area contributed by atoms with E-state index in [1.807, 2.05) is 48.5 Å². The summed E-state index contributed by atoms with van der Waals surface area (Å²) in [5, 5.41) is 9.34. The smallest absolute Gasteiger partial charge is 0.305 e. The number of methoxy groups -OCH3 is 1. The number of amides is 2. The SMILES string of the molecule is COc1cccc(CCN(CCC(=O)O)C(=O)c2ccccc2-c2ccccc2C(=O)N(C)c2ccccn2)c1. The lowest BCUT2D eigenvalue weighted by molar-refractivity contribution is -0.137. The number of hydrogen-bond donors (Lipinski definition) is 1. The second kappa shape index (κ2) is 13.2. The maximum absolute atomic E-state index is 13.9. The number of carbonyl (C=O) groups is 3. The summed E-state index contributed by atoms with van der Waals surface area (Å²) in [4.78, 5) is 46.2. The van der Waals surface area contributed by atoms with Gasteiger partial charge in [0.15, 0.2) is 0 Å². The zero-order chi connectivity index (χ0) is 28.5. The van der Waals surface area contributed by atoms with Crippen LogP contribution in [0.2, 0.25) is 0 Å². The lowest BCUT2D eigenvalue weighted by Crippen LogP contribution is -2.35. The van der Waals surface area contributed by atoms with Crippen molar-refractivity contribution in [1.82, 2.24) is 9.88 Å². The van der Waals surface area contributed by atoms with Crippen LogP contribution in [0.3, 0.4) is 0 Å². The summed E-state index contributed by atoms with van der Waals surface area (Å²) in [6.07, 6.45) is 1.96. The molecule has 2 amide bonds. The quantitative estimate of drug-likeness (QED) is 0.283. The average Bonchev–Trinajstić information content (AvgIpc) is 3.00. The lowest BCUT2D eigenvalue weighted by atomic mass is 9.94. The molecule has 8 nitrogen and oxygen atoms in total. The van der Waals surface area contributed by atoms with Crippen LogP contribution in [0.1, 0.15) is 32.7 Å². The molecule has 0 bridgehead atoms. The Balaban J connectivity index is 1.67. The van der Waals surface area contributed by atoms with Crippen LogP contribution in [0.4, 0.5) is 5.82 Å². The summed E-state index contributed by atoms with van der Waals surface area (Å²) in [5.74, 6) is -0.342. The highest BCUT2D eigenvalue weighted by atomic mass is 16.5. The van der Waals surface area contributed by atoms with Crippen molar-refractivity contribution < 1.29 is 24.2 Å². The van der Waals surface area contributed by atoms with Crippen molar-refractivity contribution in [3.8, 4) is 16.9 Å². The number of aromatic nitrogens is 1. The van der Waals surface area contributed by atoms with E-state index in [1.165, 1.54) is 4.90 Å². The summed E-state index contributed by atoms with van der Waals surface area (Å²) in [6, 6.07) is 27.1. The largest absolute Gasteiger partial charge is 0.497 e. The van der Waals surface area contributed by atoms with E-state index in [4.69, 9.17) is 4.74 Å². The molecule has 0 unspecified atom stereocenters. The summed E-state index contributed by atoms with van der Waals surface area (Å²) < 4.78 is 5.30. The Labute approximate surface area is 233 Å². The summed E-state index contributed by atoms with van der Waals surface area (Å²) in [7, 11) is 3.25. The molecule has 3 aromatic carbocycles. The van der Waals surface area contributed by atoms with Gasteiger partial charge in [0.05, 0.1) is 13.5 Å². The van der Waals surface area contributed by atoms with Crippen LogP contribution in [0.15, 0.2) is 97.2 Å². The molecule has 4 rings (SSSR count). The van der Waals surface area contributed by atoms with E-state index in [1.54, 1.807) is 67.7 Å². The molecule has 0 fully saturated rings. The monoisotopic (exact) mass is 537 g/mol. The fourth-order valence-corrected chi connectivity index (χ4v) is 4.45. The first-order chi connectivity index (χ1) is 19.4. The van der Waals surface area contributed by atoms with Crippen molar-refractivity contribution in [2.75, 3.05) is 32.1 Å². The van der Waals surface area contributed by atoms with Crippen LogP contribution in [0.25, 0.3) is 11.1 Å². The molecule has 0 aliphatic heterocycles. The van der Waals surface area contributed by atoms with E-state index >= 15 is 0 Å². The molecule has 1 aromatic heterocycles. The van der Waals surface area contributed by atoms with Crippen molar-refractivity contribution >= 4 is 23.6 Å². The number of carbonyl (C=O) groups excluding carboxylic acids is 2. The van der Waals surface area contributed by atoms with E-state index in [2.05, 4.69) is 4.98 Å². The van der Waals surface area contributed by atoms with Gasteiger partial charge in [-0.2, -0.15) is 0 Å². The molecular formula is C32H31N3O5. The van der Waals surface area contributed by atoms with E-state index in [9.17, 15) is 19.5 Å². The number of benzene rings is 3. The normalized spacial score (nSPS) is 10.6. The molecule has 1 N–H and O–H groups in total. The molecule has 0 radical (unpaired) electrons. The van der Waals surface area contributed by atoms with Gasteiger partial charge in [-0.15, -0.1) is 0 Å². The lowest BCUT2D eigenvalue weighted by Gasteiger charge is -2.24. The van der Waals surface area contributed by atoms with E-state index < -0.39 is 5.97 Å². The molecule has 0 spiro atoms. The maximum atomic E-state index is 13.9. The number of ether oxygens (including phenoxy) is 1. The second-order valence-corrected chi connectivity index (χ2v) is 9.18. The highest BCUT2D eigenvalue weighted by Crippen LogP contribution is 2.30. The molecule has 40 heavy (non-hydrogen) atoms. The molecule has 0 atom stereocenters. The number of aliphatic carboxylic acids is 1. The van der Waals surface area contributed by atoms with Gasteiger partial charge in [-0.3, -0.25) is 19.3 Å². The molecular weight excluding hydrogens is 506 g/mol. The van der Waals surface area contributed by atoms with Crippen LogP contribution < -0.4 is 9.64 Å². The first kappa shape index (κ1) is 28.0. The number of rotatable bonds is 11. The van der Waals surface area contributed by atoms with Crippen molar-refractivity contribution in [2.24, 2.45) is 0 Å². The molecule has 0 saturated carbocycles. The summed E-state index contributed by atoms with van der Waals surface area (Å²) >= 11 is 0. The van der Waals surface area contributed by atoms with Crippen LogP contribution in [-0.4, -0.2) is 60.0 Å².